The zero-order valence-corrected chi connectivity index (χ0v) is 9.95. The van der Waals surface area contributed by atoms with Crippen LogP contribution in [0, 0.1) is 0 Å². The molecule has 0 radical (unpaired) electrons. The summed E-state index contributed by atoms with van der Waals surface area (Å²) in [6.45, 7) is 0.0544. The molecule has 0 atom stereocenters. The minimum Gasteiger partial charge on any atom is -0.271 e. The fraction of sp³-hybridized carbons (Fsp3) is 0.143. The highest BCUT2D eigenvalue weighted by molar-refractivity contribution is 5.40. The summed E-state index contributed by atoms with van der Waals surface area (Å²) in [5.41, 5.74) is 3.20. The lowest BCUT2D eigenvalue weighted by Gasteiger charge is -2.10. The molecule has 0 fully saturated rings. The molecule has 0 saturated heterocycles. The van der Waals surface area contributed by atoms with E-state index in [4.69, 9.17) is 4.84 Å². The van der Waals surface area contributed by atoms with E-state index in [1.54, 1.807) is 18.2 Å². The molecule has 0 amide bonds. The predicted octanol–water partition coefficient (Wildman–Crippen LogP) is 4.25. The Morgan fingerprint density at radius 3 is 2.37 bits per heavy atom. The van der Waals surface area contributed by atoms with Gasteiger partial charge < -0.3 is 0 Å². The SMILES string of the molecule is FC(F)(F)c1cccc(CONc2ccccc2)c1. The van der Waals surface area contributed by atoms with Gasteiger partial charge in [0.15, 0.2) is 0 Å². The summed E-state index contributed by atoms with van der Waals surface area (Å²) in [6.07, 6.45) is -4.33. The van der Waals surface area contributed by atoms with E-state index in [2.05, 4.69) is 5.48 Å². The van der Waals surface area contributed by atoms with Crippen LogP contribution in [0.2, 0.25) is 0 Å². The Kier molecular flexibility index (Phi) is 4.06. The summed E-state index contributed by atoms with van der Waals surface area (Å²) in [5, 5.41) is 0. The highest BCUT2D eigenvalue weighted by Crippen LogP contribution is 2.29. The van der Waals surface area contributed by atoms with Crippen LogP contribution in [0.15, 0.2) is 54.6 Å². The summed E-state index contributed by atoms with van der Waals surface area (Å²) in [6, 6.07) is 14.2. The normalized spacial score (nSPS) is 11.3. The fourth-order valence-corrected chi connectivity index (χ4v) is 1.55. The zero-order chi connectivity index (χ0) is 13.7. The molecule has 2 aromatic carbocycles. The Morgan fingerprint density at radius 1 is 0.947 bits per heavy atom. The minimum absolute atomic E-state index is 0.0544. The average Bonchev–Trinajstić information content (AvgIpc) is 2.39. The van der Waals surface area contributed by atoms with Crippen molar-refractivity contribution in [2.24, 2.45) is 0 Å². The maximum atomic E-state index is 12.5. The van der Waals surface area contributed by atoms with E-state index in [0.717, 1.165) is 17.8 Å². The van der Waals surface area contributed by atoms with E-state index in [9.17, 15) is 13.2 Å². The van der Waals surface area contributed by atoms with Gasteiger partial charge in [-0.2, -0.15) is 13.2 Å². The van der Waals surface area contributed by atoms with Gasteiger partial charge in [-0.15, -0.1) is 0 Å². The van der Waals surface area contributed by atoms with Crippen molar-refractivity contribution in [1.82, 2.24) is 0 Å². The molecule has 2 nitrogen and oxygen atoms in total. The Bertz CT molecular complexity index is 526. The van der Waals surface area contributed by atoms with Gasteiger partial charge in [0.1, 0.15) is 0 Å². The molecule has 19 heavy (non-hydrogen) atoms. The first kappa shape index (κ1) is 13.4. The lowest BCUT2D eigenvalue weighted by atomic mass is 10.1. The summed E-state index contributed by atoms with van der Waals surface area (Å²) in [7, 11) is 0. The fourth-order valence-electron chi connectivity index (χ4n) is 1.55. The van der Waals surface area contributed by atoms with Crippen molar-refractivity contribution in [3.63, 3.8) is 0 Å². The topological polar surface area (TPSA) is 21.3 Å². The van der Waals surface area contributed by atoms with Crippen LogP contribution >= 0.6 is 0 Å². The molecule has 1 N–H and O–H groups in total. The van der Waals surface area contributed by atoms with Crippen LogP contribution in [0.25, 0.3) is 0 Å². The second-order valence-corrected chi connectivity index (χ2v) is 3.95. The van der Waals surface area contributed by atoms with E-state index in [1.165, 1.54) is 6.07 Å². The molecule has 0 spiro atoms. The number of para-hydroxylation sites is 1. The van der Waals surface area contributed by atoms with Gasteiger partial charge in [-0.3, -0.25) is 10.3 Å². The molecule has 100 valence electrons. The van der Waals surface area contributed by atoms with Gasteiger partial charge in [0.05, 0.1) is 17.9 Å². The number of anilines is 1. The van der Waals surface area contributed by atoms with Crippen molar-refractivity contribution in [2.45, 2.75) is 12.8 Å². The van der Waals surface area contributed by atoms with Gasteiger partial charge >= 0.3 is 6.18 Å². The Balaban J connectivity index is 1.93. The number of halogens is 3. The van der Waals surface area contributed by atoms with Crippen molar-refractivity contribution in [2.75, 3.05) is 5.48 Å². The Morgan fingerprint density at radius 2 is 1.68 bits per heavy atom. The lowest BCUT2D eigenvalue weighted by molar-refractivity contribution is -0.137. The third-order valence-electron chi connectivity index (χ3n) is 2.46. The second-order valence-electron chi connectivity index (χ2n) is 3.95. The van der Waals surface area contributed by atoms with Crippen molar-refractivity contribution in [3.05, 3.63) is 65.7 Å². The number of hydrogen-bond acceptors (Lipinski definition) is 2. The first-order valence-electron chi connectivity index (χ1n) is 5.65. The van der Waals surface area contributed by atoms with Crippen molar-refractivity contribution in [1.29, 1.82) is 0 Å². The van der Waals surface area contributed by atoms with Gasteiger partial charge in [-0.1, -0.05) is 30.3 Å². The first-order chi connectivity index (χ1) is 9.05. The monoisotopic (exact) mass is 267 g/mol. The molecule has 5 heteroatoms. The van der Waals surface area contributed by atoms with Crippen molar-refractivity contribution < 1.29 is 18.0 Å². The Labute approximate surface area is 108 Å². The number of hydrogen-bond donors (Lipinski definition) is 1. The van der Waals surface area contributed by atoms with E-state index >= 15 is 0 Å². The lowest BCUT2D eigenvalue weighted by Crippen LogP contribution is -2.06. The highest BCUT2D eigenvalue weighted by atomic mass is 19.4. The zero-order valence-electron chi connectivity index (χ0n) is 9.95. The van der Waals surface area contributed by atoms with Crippen LogP contribution in [0.1, 0.15) is 11.1 Å². The number of rotatable bonds is 4. The van der Waals surface area contributed by atoms with Gasteiger partial charge in [-0.05, 0) is 29.8 Å². The number of benzene rings is 2. The van der Waals surface area contributed by atoms with Gasteiger partial charge in [0, 0.05) is 0 Å². The van der Waals surface area contributed by atoms with E-state index in [0.29, 0.717) is 5.56 Å². The van der Waals surface area contributed by atoms with E-state index in [-0.39, 0.29) is 6.61 Å². The average molecular weight is 267 g/mol. The summed E-state index contributed by atoms with van der Waals surface area (Å²) in [4.78, 5) is 5.16. The third-order valence-corrected chi connectivity index (χ3v) is 2.46. The molecule has 0 heterocycles. The quantitative estimate of drug-likeness (QED) is 0.836. The molecule has 0 bridgehead atoms. The van der Waals surface area contributed by atoms with Crippen molar-refractivity contribution >= 4 is 5.69 Å². The molecule has 0 aliphatic rings. The largest absolute Gasteiger partial charge is 0.416 e. The molecular formula is C14H12F3NO. The molecule has 0 aliphatic heterocycles. The van der Waals surface area contributed by atoms with Crippen LogP contribution < -0.4 is 5.48 Å². The molecule has 0 saturated carbocycles. The molecule has 2 rings (SSSR count). The summed E-state index contributed by atoms with van der Waals surface area (Å²) < 4.78 is 37.5. The van der Waals surface area contributed by atoms with E-state index < -0.39 is 11.7 Å². The molecular weight excluding hydrogens is 255 g/mol. The minimum atomic E-state index is -4.33. The van der Waals surface area contributed by atoms with E-state index in [1.807, 2.05) is 18.2 Å². The van der Waals surface area contributed by atoms with Crippen LogP contribution in [0.3, 0.4) is 0 Å². The predicted molar refractivity (Wildman–Crippen MR) is 66.3 cm³/mol. The second kappa shape index (κ2) is 5.75. The smallest absolute Gasteiger partial charge is 0.271 e. The number of nitrogens with one attached hydrogen (secondary N) is 1. The van der Waals surface area contributed by atoms with Crippen molar-refractivity contribution in [3.8, 4) is 0 Å². The van der Waals surface area contributed by atoms with Crippen LogP contribution in [-0.4, -0.2) is 0 Å². The molecule has 0 aromatic heterocycles. The van der Waals surface area contributed by atoms with Gasteiger partial charge in [0.25, 0.3) is 0 Å². The third kappa shape index (κ3) is 3.99. The maximum absolute atomic E-state index is 12.5. The van der Waals surface area contributed by atoms with Gasteiger partial charge in [-0.25, -0.2) is 0 Å². The summed E-state index contributed by atoms with van der Waals surface area (Å²) in [5.74, 6) is 0. The van der Waals surface area contributed by atoms with Crippen LogP contribution in [0.5, 0.6) is 0 Å². The van der Waals surface area contributed by atoms with Crippen LogP contribution in [-0.2, 0) is 17.6 Å². The molecule has 2 aromatic rings. The van der Waals surface area contributed by atoms with Gasteiger partial charge in [0.2, 0.25) is 0 Å². The Hall–Kier alpha value is -2.01. The highest BCUT2D eigenvalue weighted by Gasteiger charge is 2.30. The molecule has 0 aliphatic carbocycles. The summed E-state index contributed by atoms with van der Waals surface area (Å²) >= 11 is 0. The molecule has 0 unspecified atom stereocenters. The maximum Gasteiger partial charge on any atom is 0.416 e. The first-order valence-corrected chi connectivity index (χ1v) is 5.65. The standard InChI is InChI=1S/C14H12F3NO/c15-14(16,17)12-6-4-5-11(9-12)10-19-18-13-7-2-1-3-8-13/h1-9,18H,10H2. The number of alkyl halides is 3. The van der Waals surface area contributed by atoms with Crippen LogP contribution in [0.4, 0.5) is 18.9 Å².